The molecule has 0 spiro atoms. The van der Waals surface area contributed by atoms with Gasteiger partial charge in [-0.1, -0.05) is 18.2 Å². The highest BCUT2D eigenvalue weighted by atomic mass is 16.6. The normalized spacial score (nSPS) is 8.50. The van der Waals surface area contributed by atoms with Gasteiger partial charge in [0.1, 0.15) is 0 Å². The van der Waals surface area contributed by atoms with E-state index in [0.29, 0.717) is 0 Å². The van der Waals surface area contributed by atoms with Crippen molar-refractivity contribution in [3.05, 3.63) is 52.6 Å². The summed E-state index contributed by atoms with van der Waals surface area (Å²) in [5.74, 6) is 0. The third-order valence-corrected chi connectivity index (χ3v) is 1.53. The Bertz CT molecular complexity index is 367. The van der Waals surface area contributed by atoms with Crippen LogP contribution in [-0.4, -0.2) is 21.3 Å². The Hall–Kier alpha value is -2.37. The van der Waals surface area contributed by atoms with Crippen LogP contribution in [0.15, 0.2) is 36.9 Å². The van der Waals surface area contributed by atoms with Crippen LogP contribution < -0.4 is 0 Å². The van der Waals surface area contributed by atoms with Gasteiger partial charge in [-0.25, -0.2) is 4.79 Å². The molecule has 0 radical (unpaired) electrons. The minimum absolute atomic E-state index is 0.128. The Morgan fingerprint density at radius 3 is 2.12 bits per heavy atom. The molecule has 0 saturated heterocycles. The van der Waals surface area contributed by atoms with Crippen molar-refractivity contribution in [2.45, 2.75) is 6.42 Å². The fraction of sp³-hybridized carbons (Fsp3) is 0.100. The highest BCUT2D eigenvalue weighted by Crippen LogP contribution is 2.11. The first-order valence-electron chi connectivity index (χ1n) is 4.23. The van der Waals surface area contributed by atoms with E-state index >= 15 is 0 Å². The van der Waals surface area contributed by atoms with Gasteiger partial charge in [0.2, 0.25) is 0 Å². The zero-order valence-corrected chi connectivity index (χ0v) is 8.37. The molecule has 0 saturated carbocycles. The minimum atomic E-state index is -1.83. The average molecular weight is 225 g/mol. The Labute approximate surface area is 91.6 Å². The van der Waals surface area contributed by atoms with E-state index in [1.807, 2.05) is 0 Å². The average Bonchev–Trinajstić information content (AvgIpc) is 2.18. The number of hydrogen-bond acceptors (Lipinski definition) is 3. The summed E-state index contributed by atoms with van der Waals surface area (Å²) in [6, 6.07) is 6.47. The molecular formula is C10H11NO5. The van der Waals surface area contributed by atoms with Gasteiger partial charge in [0.15, 0.2) is 0 Å². The van der Waals surface area contributed by atoms with E-state index in [9.17, 15) is 10.1 Å². The first-order valence-corrected chi connectivity index (χ1v) is 4.23. The lowest BCUT2D eigenvalue weighted by Gasteiger charge is -1.94. The van der Waals surface area contributed by atoms with Crippen LogP contribution in [-0.2, 0) is 6.42 Å². The maximum Gasteiger partial charge on any atom is 0.503 e. The van der Waals surface area contributed by atoms with E-state index in [2.05, 4.69) is 6.58 Å². The molecule has 0 fully saturated rings. The lowest BCUT2D eigenvalue weighted by molar-refractivity contribution is -0.384. The molecule has 1 rings (SSSR count). The SMILES string of the molecule is C=CCc1ccc([N+](=O)[O-])cc1.O=C(O)O. The Kier molecular flexibility index (Phi) is 5.96. The molecule has 6 heteroatoms. The maximum absolute atomic E-state index is 10.3. The molecule has 1 aromatic rings. The molecule has 0 heterocycles. The fourth-order valence-corrected chi connectivity index (χ4v) is 0.920. The summed E-state index contributed by atoms with van der Waals surface area (Å²) >= 11 is 0. The maximum atomic E-state index is 10.3. The standard InChI is InChI=1S/C9H9NO2.CH2O3/c1-2-3-8-4-6-9(7-5-8)10(11)12;2-1(3)4/h2,4-7H,1,3H2;(H2,2,3,4). The van der Waals surface area contributed by atoms with Crippen molar-refractivity contribution in [2.75, 3.05) is 0 Å². The molecule has 0 aliphatic heterocycles. The van der Waals surface area contributed by atoms with Gasteiger partial charge in [-0.05, 0) is 12.0 Å². The van der Waals surface area contributed by atoms with Crippen molar-refractivity contribution in [1.82, 2.24) is 0 Å². The predicted molar refractivity (Wildman–Crippen MR) is 57.7 cm³/mol. The number of benzene rings is 1. The zero-order valence-electron chi connectivity index (χ0n) is 8.37. The quantitative estimate of drug-likeness (QED) is 0.467. The van der Waals surface area contributed by atoms with E-state index in [-0.39, 0.29) is 5.69 Å². The molecule has 0 aliphatic carbocycles. The van der Waals surface area contributed by atoms with Crippen LogP contribution in [0.3, 0.4) is 0 Å². The van der Waals surface area contributed by atoms with Gasteiger partial charge in [-0.15, -0.1) is 6.58 Å². The number of rotatable bonds is 3. The van der Waals surface area contributed by atoms with Crippen LogP contribution >= 0.6 is 0 Å². The molecule has 6 nitrogen and oxygen atoms in total. The highest BCUT2D eigenvalue weighted by molar-refractivity contribution is 5.53. The number of nitrogens with zero attached hydrogens (tertiary/aromatic N) is 1. The minimum Gasteiger partial charge on any atom is -0.450 e. The van der Waals surface area contributed by atoms with Crippen molar-refractivity contribution in [2.24, 2.45) is 0 Å². The van der Waals surface area contributed by atoms with Gasteiger partial charge in [0.05, 0.1) is 4.92 Å². The van der Waals surface area contributed by atoms with Gasteiger partial charge in [-0.3, -0.25) is 10.1 Å². The van der Waals surface area contributed by atoms with Crippen molar-refractivity contribution in [3.63, 3.8) is 0 Å². The topological polar surface area (TPSA) is 101 Å². The molecule has 2 N–H and O–H groups in total. The van der Waals surface area contributed by atoms with Crippen LogP contribution in [0.2, 0.25) is 0 Å². The molecule has 1 aromatic carbocycles. The number of non-ortho nitro benzene ring substituents is 1. The summed E-state index contributed by atoms with van der Waals surface area (Å²) in [6.45, 7) is 3.58. The van der Waals surface area contributed by atoms with E-state index in [1.54, 1.807) is 18.2 Å². The second kappa shape index (κ2) is 6.99. The largest absolute Gasteiger partial charge is 0.503 e. The monoisotopic (exact) mass is 225 g/mol. The summed E-state index contributed by atoms with van der Waals surface area (Å²) in [5, 5.41) is 24.2. The van der Waals surface area contributed by atoms with Crippen LogP contribution in [0.5, 0.6) is 0 Å². The van der Waals surface area contributed by atoms with E-state index < -0.39 is 11.1 Å². The fourth-order valence-electron chi connectivity index (χ4n) is 0.920. The molecule has 16 heavy (non-hydrogen) atoms. The first kappa shape index (κ1) is 13.6. The van der Waals surface area contributed by atoms with Crippen LogP contribution in [0.1, 0.15) is 5.56 Å². The molecule has 86 valence electrons. The van der Waals surface area contributed by atoms with Crippen LogP contribution in [0.25, 0.3) is 0 Å². The highest BCUT2D eigenvalue weighted by Gasteiger charge is 2.02. The summed E-state index contributed by atoms with van der Waals surface area (Å²) in [4.78, 5) is 18.4. The lowest BCUT2D eigenvalue weighted by Crippen LogP contribution is -1.87. The van der Waals surface area contributed by atoms with Gasteiger partial charge in [0.25, 0.3) is 5.69 Å². The zero-order chi connectivity index (χ0) is 12.6. The van der Waals surface area contributed by atoms with Crippen LogP contribution in [0, 0.1) is 10.1 Å². The molecule has 0 atom stereocenters. The number of hydrogen-bond donors (Lipinski definition) is 2. The Balaban J connectivity index is 0.000000487. The smallest absolute Gasteiger partial charge is 0.450 e. The van der Waals surface area contributed by atoms with Gasteiger partial charge in [0, 0.05) is 12.1 Å². The molecule has 0 bridgehead atoms. The summed E-state index contributed by atoms with van der Waals surface area (Å²) < 4.78 is 0. The predicted octanol–water partition coefficient (Wildman–Crippen LogP) is 2.55. The second-order valence-corrected chi connectivity index (χ2v) is 2.70. The Morgan fingerprint density at radius 2 is 1.81 bits per heavy atom. The lowest BCUT2D eigenvalue weighted by atomic mass is 10.1. The molecule has 0 aromatic heterocycles. The summed E-state index contributed by atoms with van der Waals surface area (Å²) in [7, 11) is 0. The number of nitro groups is 1. The number of nitro benzene ring substituents is 1. The third kappa shape index (κ3) is 6.14. The summed E-state index contributed by atoms with van der Waals surface area (Å²) in [5.41, 5.74) is 1.17. The van der Waals surface area contributed by atoms with E-state index in [4.69, 9.17) is 15.0 Å². The van der Waals surface area contributed by atoms with Crippen molar-refractivity contribution in [3.8, 4) is 0 Å². The van der Waals surface area contributed by atoms with Gasteiger partial charge < -0.3 is 10.2 Å². The molecular weight excluding hydrogens is 214 g/mol. The molecule has 0 aliphatic rings. The van der Waals surface area contributed by atoms with Crippen molar-refractivity contribution in [1.29, 1.82) is 0 Å². The van der Waals surface area contributed by atoms with Gasteiger partial charge >= 0.3 is 6.16 Å². The van der Waals surface area contributed by atoms with E-state index in [1.165, 1.54) is 12.1 Å². The number of carbonyl (C=O) groups is 1. The van der Waals surface area contributed by atoms with Crippen LogP contribution in [0.4, 0.5) is 10.5 Å². The number of carboxylic acid groups (broad SMARTS) is 2. The molecule has 0 amide bonds. The van der Waals surface area contributed by atoms with E-state index in [0.717, 1.165) is 12.0 Å². The Morgan fingerprint density at radius 1 is 1.38 bits per heavy atom. The number of allylic oxidation sites excluding steroid dienone is 1. The van der Waals surface area contributed by atoms with Crippen molar-refractivity contribution < 1.29 is 19.9 Å². The second-order valence-electron chi connectivity index (χ2n) is 2.70. The van der Waals surface area contributed by atoms with Crippen molar-refractivity contribution >= 4 is 11.8 Å². The first-order chi connectivity index (χ1) is 7.47. The summed E-state index contributed by atoms with van der Waals surface area (Å²) in [6.07, 6.45) is 0.680. The third-order valence-electron chi connectivity index (χ3n) is 1.53. The van der Waals surface area contributed by atoms with Gasteiger partial charge in [-0.2, -0.15) is 0 Å². The molecule has 0 unspecified atom stereocenters.